The first-order chi connectivity index (χ1) is 8.30. The molecule has 2 atom stereocenters. The first-order valence-electron chi connectivity index (χ1n) is 7.18. The molecule has 0 aromatic carbocycles. The Labute approximate surface area is 112 Å². The smallest absolute Gasteiger partial charge is 0.0869 e. The molecule has 0 aromatic rings. The van der Waals surface area contributed by atoms with E-state index in [1.807, 2.05) is 6.92 Å². The van der Waals surface area contributed by atoms with E-state index in [9.17, 15) is 5.11 Å². The van der Waals surface area contributed by atoms with E-state index in [4.69, 9.17) is 0 Å². The Kier molecular flexibility index (Phi) is 6.05. The number of hydrogen-bond donors (Lipinski definition) is 2. The molecule has 0 aromatic heterocycles. The van der Waals surface area contributed by atoms with Crippen molar-refractivity contribution in [3.8, 4) is 0 Å². The van der Waals surface area contributed by atoms with Crippen molar-refractivity contribution in [2.45, 2.75) is 51.8 Å². The van der Waals surface area contributed by atoms with Gasteiger partial charge in [0.15, 0.2) is 0 Å². The minimum atomic E-state index is -0.651. The molecule has 0 aliphatic carbocycles. The zero-order valence-electron chi connectivity index (χ0n) is 12.7. The van der Waals surface area contributed by atoms with Crippen molar-refractivity contribution >= 4 is 0 Å². The highest BCUT2D eigenvalue weighted by Gasteiger charge is 2.28. The number of β-amino-alcohol motifs (C(OH)–C–C–N with tert-alkyl or cyclic N) is 1. The summed E-state index contributed by atoms with van der Waals surface area (Å²) in [6.07, 6.45) is 1.19. The molecule has 0 saturated carbocycles. The van der Waals surface area contributed by atoms with E-state index in [1.54, 1.807) is 0 Å². The summed E-state index contributed by atoms with van der Waals surface area (Å²) in [5, 5.41) is 13.8. The van der Waals surface area contributed by atoms with Crippen LogP contribution in [0.4, 0.5) is 0 Å². The number of nitrogens with one attached hydrogen (secondary N) is 1. The summed E-state index contributed by atoms with van der Waals surface area (Å²) in [6, 6.07) is 0.937. The molecule has 4 nitrogen and oxygen atoms in total. The fraction of sp³-hybridized carbons (Fsp3) is 1.00. The largest absolute Gasteiger partial charge is 0.388 e. The molecule has 0 spiro atoms. The third kappa shape index (κ3) is 5.65. The molecule has 1 rings (SSSR count). The van der Waals surface area contributed by atoms with E-state index < -0.39 is 5.60 Å². The van der Waals surface area contributed by atoms with E-state index in [-0.39, 0.29) is 0 Å². The van der Waals surface area contributed by atoms with Crippen LogP contribution in [0, 0.1) is 0 Å². The molecule has 2 unspecified atom stereocenters. The van der Waals surface area contributed by atoms with Crippen molar-refractivity contribution in [1.29, 1.82) is 0 Å². The SMILES string of the molecule is CC(C)NCC(C)(O)CN1CCCN(C)CC1C. The molecule has 0 bridgehead atoms. The Morgan fingerprint density at radius 3 is 2.67 bits per heavy atom. The van der Waals surface area contributed by atoms with Crippen LogP contribution in [0.5, 0.6) is 0 Å². The van der Waals surface area contributed by atoms with E-state index in [2.05, 4.69) is 42.9 Å². The zero-order chi connectivity index (χ0) is 13.8. The lowest BCUT2D eigenvalue weighted by molar-refractivity contribution is 0.00836. The van der Waals surface area contributed by atoms with Crippen molar-refractivity contribution in [2.75, 3.05) is 39.8 Å². The van der Waals surface area contributed by atoms with Crippen molar-refractivity contribution in [2.24, 2.45) is 0 Å². The van der Waals surface area contributed by atoms with Gasteiger partial charge in [0.1, 0.15) is 0 Å². The molecule has 1 aliphatic rings. The van der Waals surface area contributed by atoms with Gasteiger partial charge in [0.05, 0.1) is 5.60 Å². The standard InChI is InChI=1S/C14H31N3O/c1-12(2)15-10-14(4,18)11-17-8-6-7-16(5)9-13(17)3/h12-13,15,18H,6-11H2,1-5H3. The number of aliphatic hydroxyl groups is 1. The van der Waals surface area contributed by atoms with E-state index in [0.717, 1.165) is 26.2 Å². The summed E-state index contributed by atoms with van der Waals surface area (Å²) in [6.45, 7) is 13.2. The predicted octanol–water partition coefficient (Wildman–Crippen LogP) is 0.761. The topological polar surface area (TPSA) is 38.7 Å². The highest BCUT2D eigenvalue weighted by molar-refractivity contribution is 4.85. The van der Waals surface area contributed by atoms with Crippen LogP contribution in [0.25, 0.3) is 0 Å². The van der Waals surface area contributed by atoms with Crippen molar-refractivity contribution in [3.05, 3.63) is 0 Å². The maximum absolute atomic E-state index is 10.5. The molecular formula is C14H31N3O. The number of hydrogen-bond acceptors (Lipinski definition) is 4. The van der Waals surface area contributed by atoms with Gasteiger partial charge in [-0.05, 0) is 40.4 Å². The van der Waals surface area contributed by atoms with Gasteiger partial charge in [0.25, 0.3) is 0 Å². The normalized spacial score (nSPS) is 27.2. The maximum atomic E-state index is 10.5. The summed E-state index contributed by atoms with van der Waals surface area (Å²) in [7, 11) is 2.18. The molecule has 1 aliphatic heterocycles. The third-order valence-corrected chi connectivity index (χ3v) is 3.62. The monoisotopic (exact) mass is 257 g/mol. The van der Waals surface area contributed by atoms with Crippen LogP contribution in [-0.4, -0.2) is 72.4 Å². The summed E-state index contributed by atoms with van der Waals surface area (Å²) in [4.78, 5) is 4.80. The summed E-state index contributed by atoms with van der Waals surface area (Å²) < 4.78 is 0. The zero-order valence-corrected chi connectivity index (χ0v) is 12.7. The van der Waals surface area contributed by atoms with Crippen LogP contribution >= 0.6 is 0 Å². The lowest BCUT2D eigenvalue weighted by Gasteiger charge is -2.35. The summed E-state index contributed by atoms with van der Waals surface area (Å²) >= 11 is 0. The summed E-state index contributed by atoms with van der Waals surface area (Å²) in [5.74, 6) is 0. The van der Waals surface area contributed by atoms with E-state index in [0.29, 0.717) is 18.6 Å². The Morgan fingerprint density at radius 2 is 2.06 bits per heavy atom. The fourth-order valence-corrected chi connectivity index (χ4v) is 2.57. The first-order valence-corrected chi connectivity index (χ1v) is 7.18. The van der Waals surface area contributed by atoms with Crippen LogP contribution < -0.4 is 5.32 Å². The average molecular weight is 257 g/mol. The lowest BCUT2D eigenvalue weighted by Crippen LogP contribution is -2.51. The number of likely N-dealkylation sites (N-methyl/N-ethyl adjacent to an activating group) is 1. The fourth-order valence-electron chi connectivity index (χ4n) is 2.57. The minimum Gasteiger partial charge on any atom is -0.388 e. The second-order valence-electron chi connectivity index (χ2n) is 6.47. The highest BCUT2D eigenvalue weighted by atomic mass is 16.3. The van der Waals surface area contributed by atoms with Gasteiger partial charge in [-0.2, -0.15) is 0 Å². The van der Waals surface area contributed by atoms with Crippen LogP contribution in [0.15, 0.2) is 0 Å². The van der Waals surface area contributed by atoms with Crippen molar-refractivity contribution < 1.29 is 5.11 Å². The average Bonchev–Trinajstić information content (AvgIpc) is 2.38. The van der Waals surface area contributed by atoms with E-state index >= 15 is 0 Å². The Bertz CT molecular complexity index is 243. The van der Waals surface area contributed by atoms with Crippen LogP contribution in [0.2, 0.25) is 0 Å². The third-order valence-electron chi connectivity index (χ3n) is 3.62. The van der Waals surface area contributed by atoms with Crippen molar-refractivity contribution in [1.82, 2.24) is 15.1 Å². The van der Waals surface area contributed by atoms with Crippen LogP contribution in [0.3, 0.4) is 0 Å². The molecule has 1 saturated heterocycles. The Balaban J connectivity index is 2.48. The van der Waals surface area contributed by atoms with Gasteiger partial charge in [-0.15, -0.1) is 0 Å². The summed E-state index contributed by atoms with van der Waals surface area (Å²) in [5.41, 5.74) is -0.651. The Hall–Kier alpha value is -0.160. The molecule has 1 fully saturated rings. The van der Waals surface area contributed by atoms with E-state index in [1.165, 1.54) is 6.42 Å². The molecule has 4 heteroatoms. The molecule has 0 radical (unpaired) electrons. The van der Waals surface area contributed by atoms with Gasteiger partial charge in [-0.1, -0.05) is 13.8 Å². The molecule has 108 valence electrons. The maximum Gasteiger partial charge on any atom is 0.0869 e. The highest BCUT2D eigenvalue weighted by Crippen LogP contribution is 2.13. The first kappa shape index (κ1) is 15.9. The number of rotatable bonds is 5. The van der Waals surface area contributed by atoms with Crippen LogP contribution in [0.1, 0.15) is 34.1 Å². The van der Waals surface area contributed by atoms with Gasteiger partial charge in [0.2, 0.25) is 0 Å². The van der Waals surface area contributed by atoms with Gasteiger partial charge in [-0.25, -0.2) is 0 Å². The molecule has 1 heterocycles. The van der Waals surface area contributed by atoms with Crippen molar-refractivity contribution in [3.63, 3.8) is 0 Å². The lowest BCUT2D eigenvalue weighted by atomic mass is 10.0. The predicted molar refractivity (Wildman–Crippen MR) is 76.9 cm³/mol. The minimum absolute atomic E-state index is 0.421. The Morgan fingerprint density at radius 1 is 1.39 bits per heavy atom. The molecule has 0 amide bonds. The molecule has 2 N–H and O–H groups in total. The second-order valence-corrected chi connectivity index (χ2v) is 6.47. The van der Waals surface area contributed by atoms with Gasteiger partial charge in [0, 0.05) is 31.7 Å². The van der Waals surface area contributed by atoms with Gasteiger partial charge >= 0.3 is 0 Å². The second kappa shape index (κ2) is 6.85. The number of nitrogens with zero attached hydrogens (tertiary/aromatic N) is 2. The van der Waals surface area contributed by atoms with Gasteiger partial charge in [-0.3, -0.25) is 4.90 Å². The molecular weight excluding hydrogens is 226 g/mol. The quantitative estimate of drug-likeness (QED) is 0.763. The van der Waals surface area contributed by atoms with Crippen LogP contribution in [-0.2, 0) is 0 Å². The molecule has 18 heavy (non-hydrogen) atoms. The van der Waals surface area contributed by atoms with Gasteiger partial charge < -0.3 is 15.3 Å².